The maximum atomic E-state index is 6.28. The van der Waals surface area contributed by atoms with E-state index in [1.54, 1.807) is 20.3 Å². The molecular formula is C19H18N6O2S. The summed E-state index contributed by atoms with van der Waals surface area (Å²) >= 11 is 1.53. The van der Waals surface area contributed by atoms with E-state index < -0.39 is 0 Å². The van der Waals surface area contributed by atoms with Crippen molar-refractivity contribution in [2.45, 2.75) is 0 Å². The quantitative estimate of drug-likeness (QED) is 0.447. The van der Waals surface area contributed by atoms with Crippen molar-refractivity contribution >= 4 is 49.7 Å². The number of aromatic nitrogens is 3. The van der Waals surface area contributed by atoms with Gasteiger partial charge in [-0.2, -0.15) is 0 Å². The first-order chi connectivity index (χ1) is 13.7. The Balaban J connectivity index is 1.61. The van der Waals surface area contributed by atoms with Crippen LogP contribution in [0.3, 0.4) is 0 Å². The third-order valence-corrected chi connectivity index (χ3v) is 5.02. The number of nitrogens with zero attached hydrogens (tertiary/aromatic N) is 3. The maximum absolute atomic E-state index is 6.28. The largest absolute Gasteiger partial charge is 0.497 e. The van der Waals surface area contributed by atoms with Crippen LogP contribution in [0.1, 0.15) is 0 Å². The van der Waals surface area contributed by atoms with Gasteiger partial charge in [-0.3, -0.25) is 0 Å². The van der Waals surface area contributed by atoms with Crippen molar-refractivity contribution in [1.29, 1.82) is 0 Å². The molecule has 0 aliphatic carbocycles. The monoisotopic (exact) mass is 394 g/mol. The lowest BCUT2D eigenvalue weighted by Crippen LogP contribution is -2.05. The average Bonchev–Trinajstić information content (AvgIpc) is 3.13. The molecule has 2 aromatic carbocycles. The van der Waals surface area contributed by atoms with E-state index in [1.165, 1.54) is 17.7 Å². The number of para-hydroxylation sites is 1. The molecule has 0 aliphatic rings. The van der Waals surface area contributed by atoms with Gasteiger partial charge < -0.3 is 25.8 Å². The smallest absolute Gasteiger partial charge is 0.189 e. The molecule has 0 aliphatic heterocycles. The highest BCUT2D eigenvalue weighted by atomic mass is 32.1. The molecule has 0 saturated heterocycles. The van der Waals surface area contributed by atoms with Gasteiger partial charge in [0.2, 0.25) is 0 Å². The number of anilines is 5. The number of fused-ring (bicyclic) bond motifs is 1. The van der Waals surface area contributed by atoms with Crippen molar-refractivity contribution in [3.63, 3.8) is 0 Å². The fraction of sp³-hybridized carbons (Fsp3) is 0.105. The van der Waals surface area contributed by atoms with E-state index in [9.17, 15) is 0 Å². The first kappa shape index (κ1) is 17.8. The second-order valence-corrected chi connectivity index (χ2v) is 6.82. The van der Waals surface area contributed by atoms with Crippen LogP contribution in [0.4, 0.5) is 28.1 Å². The fourth-order valence-corrected chi connectivity index (χ4v) is 3.52. The molecule has 0 saturated carbocycles. The minimum atomic E-state index is 0.375. The molecule has 0 atom stereocenters. The Morgan fingerprint density at radius 3 is 2.50 bits per heavy atom. The van der Waals surface area contributed by atoms with Crippen LogP contribution in [-0.2, 0) is 0 Å². The molecule has 4 rings (SSSR count). The summed E-state index contributed by atoms with van der Waals surface area (Å²) in [4.78, 5) is 13.0. The molecule has 0 fully saturated rings. The normalized spacial score (nSPS) is 10.6. The minimum absolute atomic E-state index is 0.375. The van der Waals surface area contributed by atoms with Crippen LogP contribution >= 0.6 is 11.3 Å². The van der Waals surface area contributed by atoms with Crippen molar-refractivity contribution in [3.8, 4) is 11.5 Å². The van der Waals surface area contributed by atoms with Crippen molar-refractivity contribution in [2.75, 3.05) is 30.6 Å². The van der Waals surface area contributed by atoms with E-state index in [0.29, 0.717) is 39.6 Å². The number of ether oxygens (including phenoxy) is 2. The minimum Gasteiger partial charge on any atom is -0.497 e. The SMILES string of the molecule is COc1ccc(Nc2ncnc(Nc3nc4ccccc4s3)c2N)c(OC)c1. The molecule has 0 radical (unpaired) electrons. The topological polar surface area (TPSA) is 107 Å². The Labute approximate surface area is 165 Å². The highest BCUT2D eigenvalue weighted by molar-refractivity contribution is 7.22. The standard InChI is InChI=1S/C19H18N6O2S/c1-26-11-7-8-12(14(9-11)27-2)23-17-16(20)18(22-10-21-17)25-19-24-13-5-3-4-6-15(13)28-19/h3-10H,20H2,1-2H3,(H2,21,22,23,24,25). The number of hydrogen-bond donors (Lipinski definition) is 3. The number of hydrogen-bond acceptors (Lipinski definition) is 9. The first-order valence-corrected chi connectivity index (χ1v) is 9.21. The van der Waals surface area contributed by atoms with Gasteiger partial charge in [0, 0.05) is 6.07 Å². The summed E-state index contributed by atoms with van der Waals surface area (Å²) in [6.07, 6.45) is 1.43. The predicted octanol–water partition coefficient (Wildman–Crippen LogP) is 4.17. The van der Waals surface area contributed by atoms with E-state index in [1.807, 2.05) is 36.4 Å². The van der Waals surface area contributed by atoms with Crippen molar-refractivity contribution in [1.82, 2.24) is 15.0 Å². The number of nitrogens with two attached hydrogens (primary N) is 1. The summed E-state index contributed by atoms with van der Waals surface area (Å²) in [6.45, 7) is 0. The lowest BCUT2D eigenvalue weighted by atomic mass is 10.2. The Bertz CT molecular complexity index is 1100. The fourth-order valence-electron chi connectivity index (χ4n) is 2.65. The summed E-state index contributed by atoms with van der Waals surface area (Å²) < 4.78 is 11.7. The van der Waals surface area contributed by atoms with Crippen LogP contribution in [-0.4, -0.2) is 29.2 Å². The van der Waals surface area contributed by atoms with Crippen molar-refractivity contribution < 1.29 is 9.47 Å². The zero-order chi connectivity index (χ0) is 19.5. The molecule has 0 spiro atoms. The lowest BCUT2D eigenvalue weighted by Gasteiger charge is -2.14. The Morgan fingerprint density at radius 2 is 1.75 bits per heavy atom. The lowest BCUT2D eigenvalue weighted by molar-refractivity contribution is 0.395. The first-order valence-electron chi connectivity index (χ1n) is 8.40. The van der Waals surface area contributed by atoms with Gasteiger partial charge in [-0.15, -0.1) is 0 Å². The maximum Gasteiger partial charge on any atom is 0.189 e. The van der Waals surface area contributed by atoms with E-state index in [4.69, 9.17) is 15.2 Å². The van der Waals surface area contributed by atoms with Crippen LogP contribution in [0.5, 0.6) is 11.5 Å². The van der Waals surface area contributed by atoms with Crippen LogP contribution in [0.15, 0.2) is 48.8 Å². The molecule has 8 nitrogen and oxygen atoms in total. The summed E-state index contributed by atoms with van der Waals surface area (Å²) in [7, 11) is 3.19. The predicted molar refractivity (Wildman–Crippen MR) is 112 cm³/mol. The molecule has 9 heteroatoms. The summed E-state index contributed by atoms with van der Waals surface area (Å²) in [5.74, 6) is 2.24. The zero-order valence-corrected chi connectivity index (χ0v) is 16.1. The highest BCUT2D eigenvalue weighted by Crippen LogP contribution is 2.35. The Kier molecular flexibility index (Phi) is 4.81. The van der Waals surface area contributed by atoms with Crippen molar-refractivity contribution in [2.24, 2.45) is 0 Å². The van der Waals surface area contributed by atoms with Gasteiger partial charge >= 0.3 is 0 Å². The molecule has 142 valence electrons. The van der Waals surface area contributed by atoms with Crippen molar-refractivity contribution in [3.05, 3.63) is 48.8 Å². The van der Waals surface area contributed by atoms with Gasteiger partial charge in [0.25, 0.3) is 0 Å². The number of thiazole rings is 1. The Hall–Kier alpha value is -3.59. The molecule has 0 bridgehead atoms. The third-order valence-electron chi connectivity index (χ3n) is 4.06. The average molecular weight is 394 g/mol. The van der Waals surface area contributed by atoms with E-state index >= 15 is 0 Å². The molecule has 4 aromatic rings. The summed E-state index contributed by atoms with van der Waals surface area (Å²) in [5, 5.41) is 7.06. The Morgan fingerprint density at radius 1 is 0.964 bits per heavy atom. The van der Waals surface area contributed by atoms with E-state index in [2.05, 4.69) is 25.6 Å². The van der Waals surface area contributed by atoms with Gasteiger partial charge in [0.1, 0.15) is 23.5 Å². The molecule has 2 aromatic heterocycles. The van der Waals surface area contributed by atoms with Gasteiger partial charge in [-0.05, 0) is 24.3 Å². The molecular weight excluding hydrogens is 376 g/mol. The third kappa shape index (κ3) is 3.47. The van der Waals surface area contributed by atoms with Gasteiger partial charge in [0.15, 0.2) is 16.8 Å². The molecule has 0 unspecified atom stereocenters. The molecule has 0 amide bonds. The zero-order valence-electron chi connectivity index (χ0n) is 15.3. The molecule has 2 heterocycles. The molecule has 28 heavy (non-hydrogen) atoms. The van der Waals surface area contributed by atoms with E-state index in [-0.39, 0.29) is 0 Å². The highest BCUT2D eigenvalue weighted by Gasteiger charge is 2.13. The van der Waals surface area contributed by atoms with E-state index in [0.717, 1.165) is 10.2 Å². The number of nitrogens with one attached hydrogen (secondary N) is 2. The summed E-state index contributed by atoms with van der Waals surface area (Å²) in [6, 6.07) is 13.3. The summed E-state index contributed by atoms with van der Waals surface area (Å²) in [5.41, 5.74) is 8.29. The number of rotatable bonds is 6. The van der Waals surface area contributed by atoms with Crippen LogP contribution in [0.2, 0.25) is 0 Å². The van der Waals surface area contributed by atoms with Crippen LogP contribution in [0, 0.1) is 0 Å². The van der Waals surface area contributed by atoms with Crippen LogP contribution < -0.4 is 25.8 Å². The van der Waals surface area contributed by atoms with Gasteiger partial charge in [-0.1, -0.05) is 23.5 Å². The van der Waals surface area contributed by atoms with Gasteiger partial charge in [0.05, 0.1) is 30.1 Å². The second kappa shape index (κ2) is 7.57. The number of methoxy groups -OCH3 is 2. The molecule has 4 N–H and O–H groups in total. The number of nitrogen functional groups attached to an aromatic ring is 1. The second-order valence-electron chi connectivity index (χ2n) is 5.79. The van der Waals surface area contributed by atoms with Gasteiger partial charge in [-0.25, -0.2) is 15.0 Å². The number of benzene rings is 2. The van der Waals surface area contributed by atoms with Crippen LogP contribution in [0.25, 0.3) is 10.2 Å².